The molecule has 0 aromatic heterocycles. The van der Waals surface area contributed by atoms with Crippen LogP contribution in [0, 0.1) is 17.8 Å². The van der Waals surface area contributed by atoms with Gasteiger partial charge in [0.15, 0.2) is 0 Å². The molecule has 0 radical (unpaired) electrons. The molecule has 1 fully saturated rings. The van der Waals surface area contributed by atoms with Crippen molar-refractivity contribution in [1.82, 2.24) is 0 Å². The Morgan fingerprint density at radius 1 is 1.50 bits per heavy atom. The SMILES string of the molecule is C=C1CC(C(C)C)=CC[C@H]2[C@H]1CC[C@]2(C)O. The van der Waals surface area contributed by atoms with E-state index in [1.807, 2.05) is 6.92 Å². The molecule has 0 aromatic carbocycles. The van der Waals surface area contributed by atoms with Crippen molar-refractivity contribution in [2.24, 2.45) is 17.8 Å². The van der Waals surface area contributed by atoms with Gasteiger partial charge in [-0.3, -0.25) is 0 Å². The lowest BCUT2D eigenvalue weighted by molar-refractivity contribution is 0.0154. The summed E-state index contributed by atoms with van der Waals surface area (Å²) in [5.41, 5.74) is 2.38. The van der Waals surface area contributed by atoms with Crippen molar-refractivity contribution in [3.63, 3.8) is 0 Å². The lowest BCUT2D eigenvalue weighted by atomic mass is 9.82. The van der Waals surface area contributed by atoms with E-state index in [4.69, 9.17) is 0 Å². The highest BCUT2D eigenvalue weighted by Gasteiger charge is 2.44. The molecule has 0 bridgehead atoms. The fourth-order valence-corrected chi connectivity index (χ4v) is 3.36. The monoisotopic (exact) mass is 220 g/mol. The number of hydrogen-bond acceptors (Lipinski definition) is 1. The molecule has 2 aliphatic carbocycles. The smallest absolute Gasteiger partial charge is 0.0656 e. The average molecular weight is 220 g/mol. The molecule has 2 rings (SSSR count). The zero-order chi connectivity index (χ0) is 11.9. The largest absolute Gasteiger partial charge is 0.390 e. The van der Waals surface area contributed by atoms with Gasteiger partial charge in [-0.1, -0.05) is 37.6 Å². The molecule has 0 aromatic rings. The Kier molecular flexibility index (Phi) is 3.00. The molecule has 90 valence electrons. The van der Waals surface area contributed by atoms with E-state index in [1.165, 1.54) is 11.1 Å². The summed E-state index contributed by atoms with van der Waals surface area (Å²) in [5, 5.41) is 10.4. The Labute approximate surface area is 99.3 Å². The second-order valence-corrected chi connectivity index (χ2v) is 6.11. The van der Waals surface area contributed by atoms with Crippen molar-refractivity contribution in [1.29, 1.82) is 0 Å². The summed E-state index contributed by atoms with van der Waals surface area (Å²) in [6, 6.07) is 0. The first-order chi connectivity index (χ1) is 7.42. The van der Waals surface area contributed by atoms with Gasteiger partial charge in [0.05, 0.1) is 5.60 Å². The van der Waals surface area contributed by atoms with Gasteiger partial charge in [-0.15, -0.1) is 0 Å². The van der Waals surface area contributed by atoms with Crippen LogP contribution < -0.4 is 0 Å². The van der Waals surface area contributed by atoms with Crippen LogP contribution in [0.5, 0.6) is 0 Å². The van der Waals surface area contributed by atoms with Crippen molar-refractivity contribution in [2.75, 3.05) is 0 Å². The van der Waals surface area contributed by atoms with Crippen molar-refractivity contribution in [3.8, 4) is 0 Å². The lowest BCUT2D eigenvalue weighted by Crippen LogP contribution is -2.31. The van der Waals surface area contributed by atoms with E-state index in [9.17, 15) is 5.11 Å². The zero-order valence-corrected chi connectivity index (χ0v) is 10.8. The second kappa shape index (κ2) is 4.03. The van der Waals surface area contributed by atoms with Gasteiger partial charge in [0.1, 0.15) is 0 Å². The van der Waals surface area contributed by atoms with E-state index in [0.29, 0.717) is 17.8 Å². The van der Waals surface area contributed by atoms with Crippen LogP contribution in [0.3, 0.4) is 0 Å². The molecule has 0 heterocycles. The van der Waals surface area contributed by atoms with E-state index >= 15 is 0 Å². The summed E-state index contributed by atoms with van der Waals surface area (Å²) < 4.78 is 0. The number of hydrogen-bond donors (Lipinski definition) is 1. The second-order valence-electron chi connectivity index (χ2n) is 6.11. The van der Waals surface area contributed by atoms with Crippen LogP contribution >= 0.6 is 0 Å². The maximum absolute atomic E-state index is 10.4. The minimum Gasteiger partial charge on any atom is -0.390 e. The molecular formula is C15H24O. The van der Waals surface area contributed by atoms with Gasteiger partial charge in [-0.25, -0.2) is 0 Å². The zero-order valence-electron chi connectivity index (χ0n) is 10.8. The van der Waals surface area contributed by atoms with Crippen molar-refractivity contribution < 1.29 is 5.11 Å². The molecule has 0 unspecified atom stereocenters. The Balaban J connectivity index is 2.24. The molecule has 1 heteroatoms. The van der Waals surface area contributed by atoms with Crippen molar-refractivity contribution >= 4 is 0 Å². The first-order valence-electron chi connectivity index (χ1n) is 6.51. The molecule has 1 N–H and O–H groups in total. The third-order valence-electron chi connectivity index (χ3n) is 4.58. The predicted octanol–water partition coefficient (Wildman–Crippen LogP) is 3.70. The van der Waals surface area contributed by atoms with Gasteiger partial charge < -0.3 is 5.11 Å². The standard InChI is InChI=1S/C15H24O/c1-10(2)12-5-6-14-13(11(3)9-12)7-8-15(14,4)16/h5,10,13-14,16H,3,6-9H2,1-2,4H3/t13-,14-,15-/m0/s1. The summed E-state index contributed by atoms with van der Waals surface area (Å²) in [6.45, 7) is 10.8. The normalized spacial score (nSPS) is 39.6. The van der Waals surface area contributed by atoms with Gasteiger partial charge in [0, 0.05) is 0 Å². The summed E-state index contributed by atoms with van der Waals surface area (Å²) in [6.07, 6.45) is 6.50. The Morgan fingerprint density at radius 3 is 2.81 bits per heavy atom. The van der Waals surface area contributed by atoms with Gasteiger partial charge in [0.2, 0.25) is 0 Å². The van der Waals surface area contributed by atoms with E-state index < -0.39 is 5.60 Å². The molecule has 3 atom stereocenters. The summed E-state index contributed by atoms with van der Waals surface area (Å²) >= 11 is 0. The Hall–Kier alpha value is -0.560. The van der Waals surface area contributed by atoms with Crippen LogP contribution in [-0.2, 0) is 0 Å². The van der Waals surface area contributed by atoms with Crippen molar-refractivity contribution in [2.45, 2.75) is 52.1 Å². The van der Waals surface area contributed by atoms with Crippen molar-refractivity contribution in [3.05, 3.63) is 23.8 Å². The molecule has 16 heavy (non-hydrogen) atoms. The number of rotatable bonds is 1. The minimum absolute atomic E-state index is 0.399. The molecule has 1 saturated carbocycles. The third-order valence-corrected chi connectivity index (χ3v) is 4.58. The molecule has 0 amide bonds. The van der Waals surface area contributed by atoms with Gasteiger partial charge in [0.25, 0.3) is 0 Å². The Bertz CT molecular complexity index is 322. The van der Waals surface area contributed by atoms with E-state index in [-0.39, 0.29) is 0 Å². The first kappa shape index (κ1) is 11.9. The third kappa shape index (κ3) is 1.98. The van der Waals surface area contributed by atoms with Crippen LogP contribution in [0.25, 0.3) is 0 Å². The number of allylic oxidation sites excluding steroid dienone is 3. The molecular weight excluding hydrogens is 196 g/mol. The lowest BCUT2D eigenvalue weighted by Gasteiger charge is -2.28. The van der Waals surface area contributed by atoms with Crippen LogP contribution in [-0.4, -0.2) is 10.7 Å². The molecule has 0 aliphatic heterocycles. The summed E-state index contributed by atoms with van der Waals surface area (Å²) in [4.78, 5) is 0. The maximum atomic E-state index is 10.4. The van der Waals surface area contributed by atoms with E-state index in [0.717, 1.165) is 25.7 Å². The fourth-order valence-electron chi connectivity index (χ4n) is 3.36. The molecule has 1 nitrogen and oxygen atoms in total. The average Bonchev–Trinajstić information content (AvgIpc) is 2.39. The highest BCUT2D eigenvalue weighted by Crippen LogP contribution is 2.48. The number of aliphatic hydroxyl groups is 1. The van der Waals surface area contributed by atoms with Gasteiger partial charge in [-0.05, 0) is 50.4 Å². The highest BCUT2D eigenvalue weighted by atomic mass is 16.3. The van der Waals surface area contributed by atoms with E-state index in [2.05, 4.69) is 26.5 Å². The fraction of sp³-hybridized carbons (Fsp3) is 0.733. The quantitative estimate of drug-likeness (QED) is 0.668. The Morgan fingerprint density at radius 2 is 2.19 bits per heavy atom. The minimum atomic E-state index is -0.476. The molecule has 0 spiro atoms. The van der Waals surface area contributed by atoms with Crippen LogP contribution in [0.4, 0.5) is 0 Å². The topological polar surface area (TPSA) is 20.2 Å². The number of fused-ring (bicyclic) bond motifs is 1. The summed E-state index contributed by atoms with van der Waals surface area (Å²) in [5.74, 6) is 1.55. The van der Waals surface area contributed by atoms with Crippen LogP contribution in [0.2, 0.25) is 0 Å². The van der Waals surface area contributed by atoms with Crippen LogP contribution in [0.15, 0.2) is 23.8 Å². The van der Waals surface area contributed by atoms with Gasteiger partial charge >= 0.3 is 0 Å². The maximum Gasteiger partial charge on any atom is 0.0656 e. The van der Waals surface area contributed by atoms with E-state index in [1.54, 1.807) is 0 Å². The first-order valence-corrected chi connectivity index (χ1v) is 6.51. The van der Waals surface area contributed by atoms with Gasteiger partial charge in [-0.2, -0.15) is 0 Å². The molecule has 2 aliphatic rings. The molecule has 0 saturated heterocycles. The highest BCUT2D eigenvalue weighted by molar-refractivity contribution is 5.24. The summed E-state index contributed by atoms with van der Waals surface area (Å²) in [7, 11) is 0. The predicted molar refractivity (Wildman–Crippen MR) is 68.1 cm³/mol. The van der Waals surface area contributed by atoms with Crippen LogP contribution in [0.1, 0.15) is 46.5 Å².